The highest BCUT2D eigenvalue weighted by Crippen LogP contribution is 2.42. The number of nitrogens with two attached hydrogens (primary N) is 1. The van der Waals surface area contributed by atoms with Crippen molar-refractivity contribution >= 4 is 140 Å². The van der Waals surface area contributed by atoms with Crippen LogP contribution in [0.1, 0.15) is 131 Å². The van der Waals surface area contributed by atoms with E-state index < -0.39 is 51.6 Å². The number of anilines is 4. The van der Waals surface area contributed by atoms with Crippen molar-refractivity contribution < 1.29 is 57.0 Å². The second-order valence-corrected chi connectivity index (χ2v) is 24.7. The predicted molar refractivity (Wildman–Crippen MR) is 356 cm³/mol. The lowest BCUT2D eigenvalue weighted by molar-refractivity contribution is 0.0692. The first kappa shape index (κ1) is 69.2. The summed E-state index contributed by atoms with van der Waals surface area (Å²) >= 11 is 5.45. The van der Waals surface area contributed by atoms with E-state index in [0.29, 0.717) is 38.9 Å². The number of rotatable bonds is 7. The first-order chi connectivity index (χ1) is 41.2. The lowest BCUT2D eigenvalue weighted by Crippen LogP contribution is -2.34. The SMILES string of the molecule is C.C.C.Nc1cccc(B(O)O)c1.O=C(Cc1cccc(B(O)O)c1)c1cc2cc3c4c(c2oc1=O)CCCN4CCC3.O=C(Cl)c1cc2cc3c4c(c2oc1=O)CCCN4CCC3.O=C(O)c1cc2cc3c4c(c2oc1=O)CCCN4CCC3.O=S(Cl)Cl. The van der Waals surface area contributed by atoms with Crippen molar-refractivity contribution in [3.63, 3.8) is 0 Å². The third-order valence-electron chi connectivity index (χ3n) is 16.2. The summed E-state index contributed by atoms with van der Waals surface area (Å²) in [5.74, 6) is -1.58. The van der Waals surface area contributed by atoms with Crippen LogP contribution in [-0.4, -0.2) is 99.9 Å². The van der Waals surface area contributed by atoms with Gasteiger partial charge in [-0.2, -0.15) is 0 Å². The van der Waals surface area contributed by atoms with Gasteiger partial charge in [0.05, 0.1) is 0 Å². The zero-order valence-electron chi connectivity index (χ0n) is 46.5. The van der Waals surface area contributed by atoms with E-state index in [4.69, 9.17) is 49.9 Å². The lowest BCUT2D eigenvalue weighted by Gasteiger charge is -2.37. The van der Waals surface area contributed by atoms with Crippen LogP contribution < -0.4 is 48.2 Å². The Morgan fingerprint density at radius 1 is 0.517 bits per heavy atom. The lowest BCUT2D eigenvalue weighted by atomic mass is 9.79. The number of halogens is 3. The third-order valence-corrected chi connectivity index (χ3v) is 16.4. The molecular formula is C64H71B2Cl3N4O15S. The molecule has 0 aliphatic carbocycles. The van der Waals surface area contributed by atoms with E-state index in [-0.39, 0.29) is 51.2 Å². The molecule has 25 heteroatoms. The van der Waals surface area contributed by atoms with Crippen LogP contribution in [0.3, 0.4) is 0 Å². The molecule has 5 aromatic carbocycles. The molecule has 8 aromatic rings. The summed E-state index contributed by atoms with van der Waals surface area (Å²) in [6, 6.07) is 23.8. The minimum atomic E-state index is -1.67. The standard InChI is InChI=1S/C23H22BNO5.C16H14ClNO3.C16H15NO4.C6H8BNO2.3CH4.Cl2OS/c26-20(11-14-4-1-6-17(10-14)24(28)29)19-13-16-12-15-5-2-8-25-9-3-7-18(21(15)25)22(16)30-23(19)27;17-15(19)12-8-10-7-9-3-1-5-18-6-2-4-11(13(9)18)14(10)21-16(12)20;18-15(19)12-8-10-7-9-3-1-5-17-6-2-4-11(13(9)17)14(10)21-16(12)20;8-6-3-1-2-5(4-6)7(9)10;;;;1-4(2)3/h1,4,6,10,12-13,28-29H,2-3,5,7-9,11H2;7-8H,1-6H2;7-8H,1-6H2,(H,18,19);1-4,9-10H,8H2;3*1H4;. The number of nitrogens with zero attached hydrogens (tertiary/aromatic N) is 3. The number of ketones is 1. The first-order valence-electron chi connectivity index (χ1n) is 28.2. The van der Waals surface area contributed by atoms with Gasteiger partial charge >= 0.3 is 37.1 Å². The Morgan fingerprint density at radius 2 is 0.865 bits per heavy atom. The number of carbonyl (C=O) groups excluding carboxylic acids is 2. The summed E-state index contributed by atoms with van der Waals surface area (Å²) in [4.78, 5) is 78.9. The highest BCUT2D eigenvalue weighted by Gasteiger charge is 2.31. The van der Waals surface area contributed by atoms with E-state index in [2.05, 4.69) is 42.1 Å². The monoisotopic (exact) mass is 1290 g/mol. The molecule has 0 saturated heterocycles. The summed E-state index contributed by atoms with van der Waals surface area (Å²) in [5.41, 5.74) is 17.4. The minimum Gasteiger partial charge on any atom is -0.477 e. The molecule has 0 unspecified atom stereocenters. The molecule has 6 aliphatic heterocycles. The van der Waals surface area contributed by atoms with E-state index in [1.807, 2.05) is 12.1 Å². The van der Waals surface area contributed by atoms with E-state index in [9.17, 15) is 38.8 Å². The second-order valence-electron chi connectivity index (χ2n) is 21.8. The number of carbonyl (C=O) groups is 3. The van der Waals surface area contributed by atoms with E-state index in [1.54, 1.807) is 54.6 Å². The number of carboxylic acid groups (broad SMARTS) is 1. The van der Waals surface area contributed by atoms with Crippen molar-refractivity contribution in [2.24, 2.45) is 0 Å². The van der Waals surface area contributed by atoms with Crippen molar-refractivity contribution in [3.8, 4) is 0 Å². The van der Waals surface area contributed by atoms with E-state index >= 15 is 0 Å². The normalized spacial score (nSPS) is 14.5. The van der Waals surface area contributed by atoms with Gasteiger partial charge in [-0.1, -0.05) is 58.7 Å². The Balaban J connectivity index is 0.000000171. The van der Waals surface area contributed by atoms with Crippen LogP contribution in [-0.2, 0) is 54.2 Å². The first-order valence-corrected chi connectivity index (χ1v) is 31.4. The van der Waals surface area contributed by atoms with Gasteiger partial charge in [0, 0.05) is 123 Å². The maximum absolute atomic E-state index is 12.9. The van der Waals surface area contributed by atoms with Crippen molar-refractivity contribution in [2.75, 3.05) is 59.7 Å². The Bertz CT molecular complexity index is 4050. The molecule has 19 nitrogen and oxygen atoms in total. The van der Waals surface area contributed by atoms with Gasteiger partial charge in [0.1, 0.15) is 33.4 Å². The molecule has 6 aliphatic rings. The smallest absolute Gasteiger partial charge is 0.477 e. The summed E-state index contributed by atoms with van der Waals surface area (Å²) in [7, 11) is 4.33. The van der Waals surface area contributed by atoms with Gasteiger partial charge in [-0.05, 0) is 170 Å². The molecule has 89 heavy (non-hydrogen) atoms. The van der Waals surface area contributed by atoms with Crippen LogP contribution in [0.5, 0.6) is 0 Å². The highest BCUT2D eigenvalue weighted by molar-refractivity contribution is 8.26. The van der Waals surface area contributed by atoms with Crippen molar-refractivity contribution in [2.45, 2.75) is 106 Å². The van der Waals surface area contributed by atoms with Crippen molar-refractivity contribution in [1.29, 1.82) is 0 Å². The number of benzene rings is 5. The maximum atomic E-state index is 12.9. The van der Waals surface area contributed by atoms with Crippen LogP contribution >= 0.6 is 33.0 Å². The van der Waals surface area contributed by atoms with Gasteiger partial charge in [-0.25, -0.2) is 23.4 Å². The van der Waals surface area contributed by atoms with Crippen LogP contribution in [0.4, 0.5) is 22.7 Å². The fourth-order valence-electron chi connectivity index (χ4n) is 12.7. The Hall–Kier alpha value is -7.27. The van der Waals surface area contributed by atoms with E-state index in [1.165, 1.54) is 45.9 Å². The molecule has 0 amide bonds. The van der Waals surface area contributed by atoms with Gasteiger partial charge in [-0.15, -0.1) is 0 Å². The number of hydrogen-bond acceptors (Lipinski definition) is 18. The minimum absolute atomic E-state index is 0. The average molecular weight is 1300 g/mol. The zero-order chi connectivity index (χ0) is 61.1. The number of hydrogen-bond donors (Lipinski definition) is 6. The number of aryl methyl sites for hydroxylation is 6. The van der Waals surface area contributed by atoms with Crippen LogP contribution in [0, 0.1) is 0 Å². The molecule has 7 N–H and O–H groups in total. The zero-order valence-corrected chi connectivity index (χ0v) is 49.5. The summed E-state index contributed by atoms with van der Waals surface area (Å²) < 4.78 is 25.6. The number of nitrogen functional groups attached to an aromatic ring is 1. The van der Waals surface area contributed by atoms with Gasteiger partial charge < -0.3 is 58.9 Å². The Morgan fingerprint density at radius 3 is 1.24 bits per heavy atom. The molecule has 0 atom stereocenters. The van der Waals surface area contributed by atoms with Gasteiger partial charge in [-0.3, -0.25) is 9.59 Å². The summed E-state index contributed by atoms with van der Waals surface area (Å²) in [6.07, 6.45) is 12.2. The fourth-order valence-corrected chi connectivity index (χ4v) is 12.8. The van der Waals surface area contributed by atoms with E-state index in [0.717, 1.165) is 149 Å². The molecule has 3 aromatic heterocycles. The number of aromatic carboxylic acids is 1. The molecular weight excluding hydrogens is 1220 g/mol. The average Bonchev–Trinajstić information content (AvgIpc) is 0.992. The Labute approximate surface area is 531 Å². The molecule has 0 radical (unpaired) electrons. The molecule has 470 valence electrons. The van der Waals surface area contributed by atoms with Crippen LogP contribution in [0.25, 0.3) is 32.9 Å². The molecule has 0 saturated carbocycles. The van der Waals surface area contributed by atoms with Crippen molar-refractivity contribution in [3.05, 3.63) is 172 Å². The molecule has 0 fully saturated rings. The van der Waals surface area contributed by atoms with Crippen LogP contribution in [0.2, 0.25) is 0 Å². The number of carboxylic acids is 1. The number of Topliss-reactive ketones (excluding diaryl/α,β-unsaturated/α-hetero) is 1. The second kappa shape index (κ2) is 30.0. The summed E-state index contributed by atoms with van der Waals surface area (Å²) in [5, 5.41) is 46.6. The molecule has 9 heterocycles. The van der Waals surface area contributed by atoms with Gasteiger partial charge in [0.25, 0.3) is 5.24 Å². The quantitative estimate of drug-likeness (QED) is 0.0286. The van der Waals surface area contributed by atoms with Gasteiger partial charge in [0.15, 0.2) is 5.78 Å². The maximum Gasteiger partial charge on any atom is 0.488 e. The molecule has 0 spiro atoms. The predicted octanol–water partition coefficient (Wildman–Crippen LogP) is 8.56. The number of fused-ring (bicyclic) bond motifs is 6. The topological polar surface area (TPSA) is 296 Å². The van der Waals surface area contributed by atoms with Crippen molar-refractivity contribution in [1.82, 2.24) is 0 Å². The third kappa shape index (κ3) is 15.3. The summed E-state index contributed by atoms with van der Waals surface area (Å²) in [6.45, 7) is 6.29. The van der Waals surface area contributed by atoms with Crippen LogP contribution in [0.15, 0.2) is 113 Å². The molecule has 0 bridgehead atoms. The largest absolute Gasteiger partial charge is 0.488 e. The fraction of sp³-hybridized carbons (Fsp3) is 0.344. The Kier molecular flexibility index (Phi) is 23.4. The highest BCUT2D eigenvalue weighted by atomic mass is 36.0. The van der Waals surface area contributed by atoms with Gasteiger partial charge in [0.2, 0.25) is 9.23 Å². The molecule has 14 rings (SSSR count).